The number of esters is 1. The van der Waals surface area contributed by atoms with Crippen LogP contribution in [0.3, 0.4) is 0 Å². The molecule has 1 aromatic heterocycles. The van der Waals surface area contributed by atoms with Crippen LogP contribution >= 0.6 is 11.3 Å². The van der Waals surface area contributed by atoms with Crippen molar-refractivity contribution in [2.45, 2.75) is 18.9 Å². The Morgan fingerprint density at radius 3 is 2.72 bits per heavy atom. The van der Waals surface area contributed by atoms with Gasteiger partial charge in [-0.1, -0.05) is 11.3 Å². The summed E-state index contributed by atoms with van der Waals surface area (Å²) in [7, 11) is 5.64. The molecule has 0 aliphatic carbocycles. The fourth-order valence-electron chi connectivity index (χ4n) is 2.18. The van der Waals surface area contributed by atoms with Crippen LogP contribution in [0.15, 0.2) is 6.20 Å². The number of ether oxygens (including phenoxy) is 1. The molecule has 18 heavy (non-hydrogen) atoms. The Labute approximate surface area is 111 Å². The first kappa shape index (κ1) is 13.3. The van der Waals surface area contributed by atoms with Crippen LogP contribution in [0, 0.1) is 0 Å². The summed E-state index contributed by atoms with van der Waals surface area (Å²) in [5, 5.41) is 0.924. The molecule has 1 aliphatic rings. The highest BCUT2D eigenvalue weighted by Crippen LogP contribution is 2.26. The molecule has 1 aliphatic heterocycles. The average Bonchev–Trinajstić information content (AvgIpc) is 2.87. The number of piperidine rings is 1. The molecular formula is C12H19N3O2S. The second-order valence-electron chi connectivity index (χ2n) is 4.68. The molecule has 2 rings (SSSR count). The van der Waals surface area contributed by atoms with E-state index in [-0.39, 0.29) is 5.97 Å². The first-order valence-electron chi connectivity index (χ1n) is 6.07. The van der Waals surface area contributed by atoms with E-state index in [9.17, 15) is 4.79 Å². The molecule has 0 aromatic carbocycles. The fourth-order valence-corrected chi connectivity index (χ4v) is 3.07. The normalized spacial score (nSPS) is 17.2. The fraction of sp³-hybridized carbons (Fsp3) is 0.667. The van der Waals surface area contributed by atoms with E-state index in [2.05, 4.69) is 28.9 Å². The van der Waals surface area contributed by atoms with Gasteiger partial charge in [0, 0.05) is 19.1 Å². The molecule has 1 fully saturated rings. The zero-order valence-corrected chi connectivity index (χ0v) is 11.9. The lowest BCUT2D eigenvalue weighted by Gasteiger charge is -2.34. The second-order valence-corrected chi connectivity index (χ2v) is 5.69. The Morgan fingerprint density at radius 1 is 1.50 bits per heavy atom. The monoisotopic (exact) mass is 269 g/mol. The molecule has 0 bridgehead atoms. The predicted octanol–water partition coefficient (Wildman–Crippen LogP) is 1.46. The molecule has 6 heteroatoms. The minimum atomic E-state index is -0.304. The lowest BCUT2D eigenvalue weighted by atomic mass is 10.0. The number of thiazole rings is 1. The average molecular weight is 269 g/mol. The molecule has 1 saturated heterocycles. The van der Waals surface area contributed by atoms with Crippen LogP contribution in [0.4, 0.5) is 5.13 Å². The quantitative estimate of drug-likeness (QED) is 0.777. The molecule has 5 nitrogen and oxygen atoms in total. The first-order valence-corrected chi connectivity index (χ1v) is 6.89. The van der Waals surface area contributed by atoms with Crippen molar-refractivity contribution < 1.29 is 9.53 Å². The third-order valence-electron chi connectivity index (χ3n) is 3.35. The molecule has 1 aromatic rings. The van der Waals surface area contributed by atoms with Gasteiger partial charge < -0.3 is 14.5 Å². The standard InChI is InChI=1S/C12H19N3O2S/c1-14(2)9-4-6-15(7-5-9)12-13-8-10(18-12)11(16)17-3/h8-9H,4-7H2,1-3H3. The van der Waals surface area contributed by atoms with Crippen LogP contribution in [-0.2, 0) is 4.74 Å². The van der Waals surface area contributed by atoms with Crippen LogP contribution in [0.1, 0.15) is 22.5 Å². The maximum absolute atomic E-state index is 11.4. The molecule has 0 saturated carbocycles. The van der Waals surface area contributed by atoms with Gasteiger partial charge >= 0.3 is 5.97 Å². The van der Waals surface area contributed by atoms with Gasteiger partial charge in [-0.15, -0.1) is 0 Å². The number of nitrogens with zero attached hydrogens (tertiary/aromatic N) is 3. The van der Waals surface area contributed by atoms with E-state index < -0.39 is 0 Å². The van der Waals surface area contributed by atoms with Gasteiger partial charge in [-0.3, -0.25) is 0 Å². The van der Waals surface area contributed by atoms with Gasteiger partial charge in [0.05, 0.1) is 13.3 Å². The molecule has 2 heterocycles. The Hall–Kier alpha value is -1.14. The van der Waals surface area contributed by atoms with Crippen molar-refractivity contribution >= 4 is 22.4 Å². The molecule has 100 valence electrons. The van der Waals surface area contributed by atoms with Crippen molar-refractivity contribution in [3.8, 4) is 0 Å². The van der Waals surface area contributed by atoms with E-state index in [0.29, 0.717) is 10.9 Å². The number of carbonyl (C=O) groups excluding carboxylic acids is 1. The van der Waals surface area contributed by atoms with Crippen molar-refractivity contribution in [1.82, 2.24) is 9.88 Å². The second kappa shape index (κ2) is 5.67. The number of methoxy groups -OCH3 is 1. The number of carbonyl (C=O) groups is 1. The van der Waals surface area contributed by atoms with Crippen molar-refractivity contribution in [1.29, 1.82) is 0 Å². The summed E-state index contributed by atoms with van der Waals surface area (Å²) in [4.78, 5) is 20.8. The Bertz CT molecular complexity index is 411. The van der Waals surface area contributed by atoms with Crippen LogP contribution in [0.25, 0.3) is 0 Å². The Balaban J connectivity index is 1.97. The zero-order valence-electron chi connectivity index (χ0n) is 11.0. The van der Waals surface area contributed by atoms with Gasteiger partial charge in [0.2, 0.25) is 0 Å². The number of rotatable bonds is 3. The summed E-state index contributed by atoms with van der Waals surface area (Å²) in [6.45, 7) is 1.99. The molecule has 0 spiro atoms. The van der Waals surface area contributed by atoms with E-state index in [0.717, 1.165) is 31.1 Å². The maximum atomic E-state index is 11.4. The molecule has 0 amide bonds. The smallest absolute Gasteiger partial charge is 0.349 e. The summed E-state index contributed by atoms with van der Waals surface area (Å²) in [5.74, 6) is -0.304. The molecule has 0 N–H and O–H groups in total. The minimum Gasteiger partial charge on any atom is -0.465 e. The zero-order chi connectivity index (χ0) is 13.1. The van der Waals surface area contributed by atoms with E-state index in [1.54, 1.807) is 6.20 Å². The van der Waals surface area contributed by atoms with Gasteiger partial charge in [-0.25, -0.2) is 9.78 Å². The van der Waals surface area contributed by atoms with Crippen LogP contribution in [-0.4, -0.2) is 56.2 Å². The van der Waals surface area contributed by atoms with Crippen LogP contribution in [0.5, 0.6) is 0 Å². The van der Waals surface area contributed by atoms with E-state index in [1.807, 2.05) is 0 Å². The first-order chi connectivity index (χ1) is 8.61. The summed E-state index contributed by atoms with van der Waals surface area (Å²) >= 11 is 1.41. The molecule has 0 unspecified atom stereocenters. The Morgan fingerprint density at radius 2 is 2.17 bits per heavy atom. The number of hydrogen-bond acceptors (Lipinski definition) is 6. The van der Waals surface area contributed by atoms with Crippen molar-refractivity contribution in [3.63, 3.8) is 0 Å². The van der Waals surface area contributed by atoms with Crippen LogP contribution in [0.2, 0.25) is 0 Å². The maximum Gasteiger partial charge on any atom is 0.349 e. The van der Waals surface area contributed by atoms with Crippen molar-refractivity contribution in [3.05, 3.63) is 11.1 Å². The third-order valence-corrected chi connectivity index (χ3v) is 4.38. The summed E-state index contributed by atoms with van der Waals surface area (Å²) in [5.41, 5.74) is 0. The third kappa shape index (κ3) is 2.81. The number of aromatic nitrogens is 1. The highest BCUT2D eigenvalue weighted by molar-refractivity contribution is 7.17. The SMILES string of the molecule is COC(=O)c1cnc(N2CCC(N(C)C)CC2)s1. The topological polar surface area (TPSA) is 45.7 Å². The summed E-state index contributed by atoms with van der Waals surface area (Å²) < 4.78 is 4.69. The van der Waals surface area contributed by atoms with E-state index in [4.69, 9.17) is 4.74 Å². The van der Waals surface area contributed by atoms with Crippen LogP contribution < -0.4 is 4.90 Å². The molecule has 0 radical (unpaired) electrons. The number of hydrogen-bond donors (Lipinski definition) is 0. The lowest BCUT2D eigenvalue weighted by Crippen LogP contribution is -2.41. The summed E-state index contributed by atoms with van der Waals surface area (Å²) in [6.07, 6.45) is 3.88. The van der Waals surface area contributed by atoms with Gasteiger partial charge in [0.25, 0.3) is 0 Å². The lowest BCUT2D eigenvalue weighted by molar-refractivity contribution is 0.0606. The highest BCUT2D eigenvalue weighted by Gasteiger charge is 2.23. The number of anilines is 1. The molecule has 0 atom stereocenters. The Kier molecular flexibility index (Phi) is 4.19. The van der Waals surface area contributed by atoms with Gasteiger partial charge in [-0.2, -0.15) is 0 Å². The predicted molar refractivity (Wildman–Crippen MR) is 72.4 cm³/mol. The largest absolute Gasteiger partial charge is 0.465 e. The van der Waals surface area contributed by atoms with Gasteiger partial charge in [0.1, 0.15) is 4.88 Å². The van der Waals surface area contributed by atoms with Gasteiger partial charge in [0.15, 0.2) is 5.13 Å². The van der Waals surface area contributed by atoms with Crippen molar-refractivity contribution in [2.24, 2.45) is 0 Å². The minimum absolute atomic E-state index is 0.304. The van der Waals surface area contributed by atoms with Gasteiger partial charge in [-0.05, 0) is 26.9 Å². The van der Waals surface area contributed by atoms with Crippen molar-refractivity contribution in [2.75, 3.05) is 39.2 Å². The highest BCUT2D eigenvalue weighted by atomic mass is 32.1. The summed E-state index contributed by atoms with van der Waals surface area (Å²) in [6, 6.07) is 0.654. The van der Waals surface area contributed by atoms with E-state index in [1.165, 1.54) is 18.4 Å². The molecular weight excluding hydrogens is 250 g/mol. The van der Waals surface area contributed by atoms with E-state index >= 15 is 0 Å².